The zero-order valence-electron chi connectivity index (χ0n) is 22.2. The van der Waals surface area contributed by atoms with E-state index in [-0.39, 0.29) is 46.2 Å². The molecule has 0 saturated heterocycles. The predicted octanol–water partition coefficient (Wildman–Crippen LogP) is 6.54. The van der Waals surface area contributed by atoms with Crippen LogP contribution in [0.1, 0.15) is 39.0 Å². The molecule has 4 aromatic rings. The van der Waals surface area contributed by atoms with Crippen LogP contribution < -0.4 is 10.6 Å². The number of carbonyl (C=O) groups excluding carboxylic acids is 3. The molecule has 3 aromatic carbocycles. The molecule has 224 valence electrons. The quantitative estimate of drug-likeness (QED) is 0.143. The van der Waals surface area contributed by atoms with Gasteiger partial charge in [0.15, 0.2) is 11.0 Å². The van der Waals surface area contributed by atoms with Gasteiger partial charge < -0.3 is 15.4 Å². The molecule has 0 atom stereocenters. The van der Waals surface area contributed by atoms with Crippen LogP contribution in [0.2, 0.25) is 5.02 Å². The number of thioether (sulfide) groups is 1. The maximum absolute atomic E-state index is 13.5. The summed E-state index contributed by atoms with van der Waals surface area (Å²) in [6.07, 6.45) is -4.61. The number of alkyl halides is 3. The van der Waals surface area contributed by atoms with Gasteiger partial charge in [0, 0.05) is 10.2 Å². The summed E-state index contributed by atoms with van der Waals surface area (Å²) in [5.41, 5.74) is 0.122. The third-order valence-corrected chi connectivity index (χ3v) is 7.48. The summed E-state index contributed by atoms with van der Waals surface area (Å²) < 4.78 is 47.4. The largest absolute Gasteiger partial charge is 0.462 e. The van der Waals surface area contributed by atoms with Gasteiger partial charge in [0.05, 0.1) is 46.3 Å². The second-order valence-corrected chi connectivity index (χ2v) is 11.0. The van der Waals surface area contributed by atoms with Crippen LogP contribution >= 0.6 is 39.3 Å². The lowest BCUT2D eigenvalue weighted by atomic mass is 10.2. The molecule has 0 aliphatic heterocycles. The number of rotatable bonds is 10. The smallest absolute Gasteiger partial charge is 0.416 e. The molecule has 0 saturated carbocycles. The third kappa shape index (κ3) is 8.36. The lowest BCUT2D eigenvalue weighted by molar-refractivity contribution is -0.137. The SMILES string of the molecule is CCOC(=O)c1ccc(NC(=O)CSc2nnc(CNC(=O)c3cc(Br)ccc3Cl)n2-c2cccc(C(F)(F)F)c2)cc1. The molecule has 0 unspecified atom stereocenters. The summed E-state index contributed by atoms with van der Waals surface area (Å²) in [6, 6.07) is 15.4. The zero-order chi connectivity index (χ0) is 31.1. The van der Waals surface area contributed by atoms with Crippen LogP contribution in [0.4, 0.5) is 18.9 Å². The van der Waals surface area contributed by atoms with Gasteiger partial charge in [-0.05, 0) is 67.6 Å². The molecular weight excluding hydrogens is 675 g/mol. The molecule has 0 spiro atoms. The van der Waals surface area contributed by atoms with Crippen molar-refractivity contribution in [1.82, 2.24) is 20.1 Å². The Labute approximate surface area is 261 Å². The van der Waals surface area contributed by atoms with Crippen LogP contribution in [-0.2, 0) is 22.3 Å². The van der Waals surface area contributed by atoms with Crippen molar-refractivity contribution < 1.29 is 32.3 Å². The normalized spacial score (nSPS) is 11.2. The first-order valence-electron chi connectivity index (χ1n) is 12.5. The Hall–Kier alpha value is -3.88. The molecule has 1 aromatic heterocycles. The molecule has 0 radical (unpaired) electrons. The summed E-state index contributed by atoms with van der Waals surface area (Å²) in [7, 11) is 0. The molecule has 0 bridgehead atoms. The van der Waals surface area contributed by atoms with Crippen LogP contribution in [-0.4, -0.2) is 44.9 Å². The van der Waals surface area contributed by atoms with E-state index in [0.29, 0.717) is 15.7 Å². The van der Waals surface area contributed by atoms with Gasteiger partial charge in [-0.25, -0.2) is 4.79 Å². The Kier molecular flexibility index (Phi) is 10.5. The molecule has 43 heavy (non-hydrogen) atoms. The van der Waals surface area contributed by atoms with Crippen molar-refractivity contribution in [2.75, 3.05) is 17.7 Å². The fourth-order valence-corrected chi connectivity index (χ4v) is 5.08. The van der Waals surface area contributed by atoms with E-state index in [1.54, 1.807) is 19.1 Å². The first-order valence-corrected chi connectivity index (χ1v) is 14.7. The molecule has 2 amide bonds. The molecule has 9 nitrogen and oxygen atoms in total. The number of halogens is 5. The van der Waals surface area contributed by atoms with E-state index in [9.17, 15) is 27.6 Å². The molecule has 0 aliphatic carbocycles. The monoisotopic (exact) mass is 695 g/mol. The number of carbonyl (C=O) groups is 3. The van der Waals surface area contributed by atoms with Crippen LogP contribution in [0.3, 0.4) is 0 Å². The number of nitrogens with one attached hydrogen (secondary N) is 2. The fourth-order valence-electron chi connectivity index (χ4n) is 3.75. The van der Waals surface area contributed by atoms with Crippen molar-refractivity contribution in [2.24, 2.45) is 0 Å². The highest BCUT2D eigenvalue weighted by molar-refractivity contribution is 9.10. The molecule has 0 aliphatic rings. The predicted molar refractivity (Wildman–Crippen MR) is 158 cm³/mol. The lowest BCUT2D eigenvalue weighted by Crippen LogP contribution is -2.25. The Morgan fingerprint density at radius 3 is 2.49 bits per heavy atom. The minimum absolute atomic E-state index is 0.0852. The second-order valence-electron chi connectivity index (χ2n) is 8.72. The highest BCUT2D eigenvalue weighted by Crippen LogP contribution is 2.32. The minimum atomic E-state index is -4.61. The number of hydrogen-bond acceptors (Lipinski definition) is 7. The van der Waals surface area contributed by atoms with Crippen molar-refractivity contribution in [1.29, 1.82) is 0 Å². The van der Waals surface area contributed by atoms with E-state index >= 15 is 0 Å². The van der Waals surface area contributed by atoms with E-state index < -0.39 is 29.5 Å². The van der Waals surface area contributed by atoms with E-state index in [1.165, 1.54) is 47.0 Å². The Morgan fingerprint density at radius 1 is 1.05 bits per heavy atom. The Balaban J connectivity index is 1.53. The number of benzene rings is 3. The summed E-state index contributed by atoms with van der Waals surface area (Å²) in [5, 5.41) is 13.8. The number of nitrogens with zero attached hydrogens (tertiary/aromatic N) is 3. The van der Waals surface area contributed by atoms with Gasteiger partial charge in [-0.15, -0.1) is 10.2 Å². The number of hydrogen-bond donors (Lipinski definition) is 2. The van der Waals surface area contributed by atoms with Crippen molar-refractivity contribution in [2.45, 2.75) is 24.8 Å². The van der Waals surface area contributed by atoms with Crippen molar-refractivity contribution in [3.63, 3.8) is 0 Å². The number of esters is 1. The highest BCUT2D eigenvalue weighted by Gasteiger charge is 2.31. The van der Waals surface area contributed by atoms with Gasteiger partial charge >= 0.3 is 12.1 Å². The first-order chi connectivity index (χ1) is 20.5. The van der Waals surface area contributed by atoms with Gasteiger partial charge in [-0.2, -0.15) is 13.2 Å². The minimum Gasteiger partial charge on any atom is -0.462 e. The highest BCUT2D eigenvalue weighted by atomic mass is 79.9. The van der Waals surface area contributed by atoms with Gasteiger partial charge in [0.1, 0.15) is 0 Å². The van der Waals surface area contributed by atoms with E-state index in [0.717, 1.165) is 23.9 Å². The summed E-state index contributed by atoms with van der Waals surface area (Å²) >= 11 is 10.4. The number of ether oxygens (including phenoxy) is 1. The van der Waals surface area contributed by atoms with Crippen molar-refractivity contribution in [3.05, 3.63) is 98.7 Å². The maximum Gasteiger partial charge on any atom is 0.416 e. The van der Waals surface area contributed by atoms with Gasteiger partial charge in [-0.3, -0.25) is 14.2 Å². The lowest BCUT2D eigenvalue weighted by Gasteiger charge is -2.14. The number of aromatic nitrogens is 3. The summed E-state index contributed by atoms with van der Waals surface area (Å²) in [6.45, 7) is 1.72. The molecule has 15 heteroatoms. The Bertz CT molecular complexity index is 1650. The molecule has 2 N–H and O–H groups in total. The zero-order valence-corrected chi connectivity index (χ0v) is 25.4. The van der Waals surface area contributed by atoms with Crippen LogP contribution in [0, 0.1) is 0 Å². The third-order valence-electron chi connectivity index (χ3n) is 5.72. The van der Waals surface area contributed by atoms with Crippen LogP contribution in [0.15, 0.2) is 76.4 Å². The molecular formula is C28H22BrClF3N5O4S. The fraction of sp³-hybridized carbons (Fsp3) is 0.179. The van der Waals surface area contributed by atoms with E-state index in [2.05, 4.69) is 36.8 Å². The number of amides is 2. The van der Waals surface area contributed by atoms with Crippen LogP contribution in [0.25, 0.3) is 5.69 Å². The van der Waals surface area contributed by atoms with Crippen molar-refractivity contribution in [3.8, 4) is 5.69 Å². The van der Waals surface area contributed by atoms with Crippen molar-refractivity contribution >= 4 is 62.8 Å². The first kappa shape index (κ1) is 32.0. The summed E-state index contributed by atoms with van der Waals surface area (Å²) in [5.74, 6) is -1.51. The van der Waals surface area contributed by atoms with Gasteiger partial charge in [0.2, 0.25) is 5.91 Å². The van der Waals surface area contributed by atoms with Gasteiger partial charge in [0.25, 0.3) is 5.91 Å². The number of anilines is 1. The average molecular weight is 697 g/mol. The van der Waals surface area contributed by atoms with E-state index in [4.69, 9.17) is 16.3 Å². The standard InChI is InChI=1S/C28H22BrClF3N5O4S/c1-2-42-26(41)16-6-9-19(10-7-16)35-24(39)15-43-27-37-36-23(14-34-25(40)21-13-18(29)8-11-22(21)30)38(27)20-5-3-4-17(12-20)28(31,32)33/h3-13H,2,14-15H2,1H3,(H,34,40)(H,35,39). The van der Waals surface area contributed by atoms with Crippen LogP contribution in [0.5, 0.6) is 0 Å². The molecule has 4 rings (SSSR count). The second kappa shape index (κ2) is 14.1. The molecule has 1 heterocycles. The average Bonchev–Trinajstić information content (AvgIpc) is 3.39. The van der Waals surface area contributed by atoms with E-state index in [1.807, 2.05) is 0 Å². The van der Waals surface area contributed by atoms with Gasteiger partial charge in [-0.1, -0.05) is 45.4 Å². The summed E-state index contributed by atoms with van der Waals surface area (Å²) in [4.78, 5) is 37.3. The topological polar surface area (TPSA) is 115 Å². The maximum atomic E-state index is 13.5. The molecule has 0 fully saturated rings. The Morgan fingerprint density at radius 2 is 1.79 bits per heavy atom.